The minimum absolute atomic E-state index is 0.125. The lowest BCUT2D eigenvalue weighted by Gasteiger charge is -2.29. The lowest BCUT2D eigenvalue weighted by molar-refractivity contribution is -0.0415. The molecule has 0 aromatic carbocycles. The molecule has 1 heterocycles. The molecule has 12 heavy (non-hydrogen) atoms. The van der Waals surface area contributed by atoms with Gasteiger partial charge in [-0.05, 0) is 33.7 Å². The molecule has 1 aliphatic heterocycles. The number of aliphatic hydroxyl groups is 1. The molecule has 1 N–H and O–H groups in total. The lowest BCUT2D eigenvalue weighted by Crippen LogP contribution is -2.40. The molecule has 0 spiro atoms. The van der Waals surface area contributed by atoms with E-state index in [1.54, 1.807) is 0 Å². The van der Waals surface area contributed by atoms with Crippen LogP contribution in [-0.4, -0.2) is 42.0 Å². The Morgan fingerprint density at radius 2 is 2.25 bits per heavy atom. The molecule has 0 aromatic heterocycles. The van der Waals surface area contributed by atoms with Gasteiger partial charge in [-0.2, -0.15) is 0 Å². The van der Waals surface area contributed by atoms with E-state index in [4.69, 9.17) is 9.84 Å². The number of likely N-dealkylation sites (N-methyl/N-ethyl adjacent to an activating group) is 1. The fourth-order valence-corrected chi connectivity index (χ4v) is 1.56. The molecule has 0 saturated carbocycles. The first-order chi connectivity index (χ1) is 5.58. The molecule has 0 radical (unpaired) electrons. The van der Waals surface area contributed by atoms with Crippen molar-refractivity contribution >= 4 is 0 Å². The molecule has 1 atom stereocenters. The molecule has 1 rings (SSSR count). The highest BCUT2D eigenvalue weighted by Crippen LogP contribution is 2.26. The van der Waals surface area contributed by atoms with E-state index < -0.39 is 0 Å². The van der Waals surface area contributed by atoms with Crippen LogP contribution in [0.2, 0.25) is 0 Å². The van der Waals surface area contributed by atoms with E-state index in [2.05, 4.69) is 25.8 Å². The summed E-state index contributed by atoms with van der Waals surface area (Å²) in [4.78, 5) is 2.24. The summed E-state index contributed by atoms with van der Waals surface area (Å²) in [6.45, 7) is 5.23. The van der Waals surface area contributed by atoms with Crippen molar-refractivity contribution in [2.75, 3.05) is 20.3 Å². The molecule has 0 aromatic rings. The molecule has 1 aliphatic rings. The minimum atomic E-state index is -0.125. The first-order valence-electron chi connectivity index (χ1n) is 4.55. The maximum atomic E-state index is 8.68. The maximum absolute atomic E-state index is 8.68. The Bertz CT molecular complexity index is 147. The number of nitrogens with zero attached hydrogens (tertiary/aromatic N) is 1. The Hall–Kier alpha value is -0.120. The second kappa shape index (κ2) is 3.73. The summed E-state index contributed by atoms with van der Waals surface area (Å²) in [5, 5.41) is 8.68. The van der Waals surface area contributed by atoms with Gasteiger partial charge in [-0.3, -0.25) is 4.90 Å². The van der Waals surface area contributed by atoms with E-state index in [1.165, 1.54) is 0 Å². The van der Waals surface area contributed by atoms with Gasteiger partial charge in [0.1, 0.15) is 5.72 Å². The highest BCUT2D eigenvalue weighted by atomic mass is 16.5. The highest BCUT2D eigenvalue weighted by Gasteiger charge is 2.36. The van der Waals surface area contributed by atoms with Gasteiger partial charge in [0.05, 0.1) is 6.61 Å². The fraction of sp³-hybridized carbons (Fsp3) is 1.00. The Kier molecular flexibility index (Phi) is 3.09. The van der Waals surface area contributed by atoms with E-state index in [0.29, 0.717) is 6.04 Å². The number of rotatable bonds is 3. The van der Waals surface area contributed by atoms with Gasteiger partial charge >= 0.3 is 0 Å². The monoisotopic (exact) mass is 173 g/mol. The van der Waals surface area contributed by atoms with Crippen LogP contribution < -0.4 is 0 Å². The van der Waals surface area contributed by atoms with Crippen molar-refractivity contribution in [1.29, 1.82) is 0 Å². The van der Waals surface area contributed by atoms with Gasteiger partial charge in [-0.1, -0.05) is 0 Å². The van der Waals surface area contributed by atoms with Crippen molar-refractivity contribution in [2.24, 2.45) is 0 Å². The second-order valence-corrected chi connectivity index (χ2v) is 3.89. The van der Waals surface area contributed by atoms with Gasteiger partial charge in [0, 0.05) is 12.6 Å². The van der Waals surface area contributed by atoms with E-state index in [9.17, 15) is 0 Å². The molecule has 0 amide bonds. The lowest BCUT2D eigenvalue weighted by atomic mass is 10.1. The summed E-state index contributed by atoms with van der Waals surface area (Å²) in [5.41, 5.74) is -0.125. The van der Waals surface area contributed by atoms with Crippen molar-refractivity contribution in [3.05, 3.63) is 0 Å². The van der Waals surface area contributed by atoms with Gasteiger partial charge in [0.2, 0.25) is 0 Å². The van der Waals surface area contributed by atoms with Gasteiger partial charge in [0.15, 0.2) is 0 Å². The van der Waals surface area contributed by atoms with E-state index >= 15 is 0 Å². The van der Waals surface area contributed by atoms with Crippen LogP contribution in [0, 0.1) is 0 Å². The summed E-state index contributed by atoms with van der Waals surface area (Å²) in [5.74, 6) is 0. The molecule has 0 bridgehead atoms. The predicted octanol–water partition coefficient (Wildman–Crippen LogP) is 0.826. The summed E-state index contributed by atoms with van der Waals surface area (Å²) < 4.78 is 5.61. The predicted molar refractivity (Wildman–Crippen MR) is 47.9 cm³/mol. The van der Waals surface area contributed by atoms with Crippen LogP contribution in [0.4, 0.5) is 0 Å². The number of ether oxygens (including phenoxy) is 1. The van der Waals surface area contributed by atoms with Crippen molar-refractivity contribution < 1.29 is 9.84 Å². The number of hydrogen-bond acceptors (Lipinski definition) is 3. The smallest absolute Gasteiger partial charge is 0.116 e. The third kappa shape index (κ3) is 1.97. The summed E-state index contributed by atoms with van der Waals surface area (Å²) in [6, 6.07) is 0.479. The molecule has 0 aliphatic carbocycles. The van der Waals surface area contributed by atoms with E-state index in [1.807, 2.05) is 0 Å². The molecular weight excluding hydrogens is 154 g/mol. The summed E-state index contributed by atoms with van der Waals surface area (Å²) in [7, 11) is 2.08. The number of hydrogen-bond donors (Lipinski definition) is 1. The van der Waals surface area contributed by atoms with Crippen molar-refractivity contribution in [3.63, 3.8) is 0 Å². The van der Waals surface area contributed by atoms with Crippen molar-refractivity contribution in [1.82, 2.24) is 4.90 Å². The van der Waals surface area contributed by atoms with Crippen LogP contribution in [-0.2, 0) is 4.74 Å². The third-order valence-electron chi connectivity index (χ3n) is 2.72. The van der Waals surface area contributed by atoms with Crippen molar-refractivity contribution in [2.45, 2.75) is 38.5 Å². The molecule has 1 saturated heterocycles. The number of aliphatic hydroxyl groups excluding tert-OH is 1. The molecule has 1 fully saturated rings. The quantitative estimate of drug-likeness (QED) is 0.686. The average Bonchev–Trinajstić information content (AvgIpc) is 2.26. The van der Waals surface area contributed by atoms with Gasteiger partial charge in [0.25, 0.3) is 0 Å². The van der Waals surface area contributed by atoms with E-state index in [0.717, 1.165) is 19.4 Å². The average molecular weight is 173 g/mol. The largest absolute Gasteiger partial charge is 0.396 e. The van der Waals surface area contributed by atoms with Crippen LogP contribution >= 0.6 is 0 Å². The van der Waals surface area contributed by atoms with E-state index in [-0.39, 0.29) is 12.3 Å². The Balaban J connectivity index is 2.39. The summed E-state index contributed by atoms with van der Waals surface area (Å²) in [6.07, 6.45) is 1.89. The van der Waals surface area contributed by atoms with Gasteiger partial charge in [-0.25, -0.2) is 0 Å². The Morgan fingerprint density at radius 1 is 1.58 bits per heavy atom. The summed E-state index contributed by atoms with van der Waals surface area (Å²) >= 11 is 0. The van der Waals surface area contributed by atoms with Gasteiger partial charge in [-0.15, -0.1) is 0 Å². The van der Waals surface area contributed by atoms with Gasteiger partial charge < -0.3 is 9.84 Å². The molecule has 0 unspecified atom stereocenters. The topological polar surface area (TPSA) is 32.7 Å². The van der Waals surface area contributed by atoms with Crippen LogP contribution in [0.5, 0.6) is 0 Å². The Labute approximate surface area is 74.3 Å². The van der Waals surface area contributed by atoms with Crippen LogP contribution in [0.3, 0.4) is 0 Å². The Morgan fingerprint density at radius 3 is 2.67 bits per heavy atom. The first-order valence-corrected chi connectivity index (χ1v) is 4.55. The molecule has 3 heteroatoms. The SMILES string of the molecule is CN1[C@@H](CCCO)COC1(C)C. The fourth-order valence-electron chi connectivity index (χ4n) is 1.56. The molecule has 72 valence electrons. The van der Waals surface area contributed by atoms with Crippen LogP contribution in [0.1, 0.15) is 26.7 Å². The molecular formula is C9H19NO2. The zero-order chi connectivity index (χ0) is 9.19. The molecule has 3 nitrogen and oxygen atoms in total. The third-order valence-corrected chi connectivity index (χ3v) is 2.72. The minimum Gasteiger partial charge on any atom is -0.396 e. The zero-order valence-corrected chi connectivity index (χ0v) is 8.21. The standard InChI is InChI=1S/C9H19NO2/c1-9(2)10(3)8(7-12-9)5-4-6-11/h8,11H,4-7H2,1-3H3/t8-/m0/s1. The maximum Gasteiger partial charge on any atom is 0.116 e. The second-order valence-electron chi connectivity index (χ2n) is 3.89. The van der Waals surface area contributed by atoms with Crippen LogP contribution in [0.25, 0.3) is 0 Å². The highest BCUT2D eigenvalue weighted by molar-refractivity contribution is 4.83. The van der Waals surface area contributed by atoms with Crippen LogP contribution in [0.15, 0.2) is 0 Å². The van der Waals surface area contributed by atoms with Crippen molar-refractivity contribution in [3.8, 4) is 0 Å². The first kappa shape index (κ1) is 9.96. The normalized spacial score (nSPS) is 29.5. The zero-order valence-electron chi connectivity index (χ0n) is 8.21.